The van der Waals surface area contributed by atoms with Gasteiger partial charge in [0.25, 0.3) is 0 Å². The molecule has 0 atom stereocenters. The molecule has 4 nitrogen and oxygen atoms in total. The number of nitrogens with one attached hydrogen (secondary N) is 1. The van der Waals surface area contributed by atoms with E-state index in [2.05, 4.69) is 15.3 Å². The van der Waals surface area contributed by atoms with Crippen molar-refractivity contribution in [2.45, 2.75) is 0 Å². The minimum atomic E-state index is 0.461. The fourth-order valence-corrected chi connectivity index (χ4v) is 1.32. The number of hydrogen-bond donors (Lipinski definition) is 2. The lowest BCUT2D eigenvalue weighted by Gasteiger charge is -2.02. The number of nitrogens with zero attached hydrogens (tertiary/aromatic N) is 2. The molecule has 1 heterocycles. The van der Waals surface area contributed by atoms with Crippen LogP contribution in [0.4, 0.5) is 5.69 Å². The third-order valence-corrected chi connectivity index (χ3v) is 1.96. The van der Waals surface area contributed by atoms with Gasteiger partial charge < -0.3 is 11.1 Å². The Morgan fingerprint density at radius 3 is 2.93 bits per heavy atom. The summed E-state index contributed by atoms with van der Waals surface area (Å²) in [6, 6.07) is 7.35. The number of hydrogen-bond acceptors (Lipinski definition) is 4. The fraction of sp³-hybridized carbons (Fsp3) is 0.111. The maximum Gasteiger partial charge on any atom is 0.224 e. The summed E-state index contributed by atoms with van der Waals surface area (Å²) in [5.74, 6) is 1.05. The topological polar surface area (TPSA) is 62.8 Å². The molecular formula is C9H9ClN4. The molecule has 1 aliphatic heterocycles. The molecule has 5 heteroatoms. The number of halogens is 1. The molecule has 14 heavy (non-hydrogen) atoms. The first kappa shape index (κ1) is 9.02. The Hall–Kier alpha value is -1.55. The van der Waals surface area contributed by atoms with E-state index in [0.29, 0.717) is 23.4 Å². The van der Waals surface area contributed by atoms with Gasteiger partial charge in [-0.2, -0.15) is 4.99 Å². The molecule has 0 radical (unpaired) electrons. The van der Waals surface area contributed by atoms with Gasteiger partial charge in [0.05, 0.1) is 0 Å². The van der Waals surface area contributed by atoms with Gasteiger partial charge in [-0.3, -0.25) is 0 Å². The van der Waals surface area contributed by atoms with Crippen LogP contribution in [0.15, 0.2) is 34.3 Å². The van der Waals surface area contributed by atoms with Crippen molar-refractivity contribution in [3.05, 3.63) is 29.3 Å². The van der Waals surface area contributed by atoms with E-state index in [-0.39, 0.29) is 0 Å². The summed E-state index contributed by atoms with van der Waals surface area (Å²) in [6.07, 6.45) is 0. The molecule has 0 fully saturated rings. The highest BCUT2D eigenvalue weighted by Crippen LogP contribution is 2.15. The van der Waals surface area contributed by atoms with E-state index in [1.165, 1.54) is 0 Å². The van der Waals surface area contributed by atoms with Gasteiger partial charge >= 0.3 is 0 Å². The van der Waals surface area contributed by atoms with E-state index in [9.17, 15) is 0 Å². The van der Waals surface area contributed by atoms with E-state index in [4.69, 9.17) is 17.3 Å². The van der Waals surface area contributed by atoms with E-state index in [0.717, 1.165) is 5.69 Å². The van der Waals surface area contributed by atoms with E-state index in [1.54, 1.807) is 12.1 Å². The third-order valence-electron chi connectivity index (χ3n) is 1.72. The minimum Gasteiger partial charge on any atom is -0.385 e. The highest BCUT2D eigenvalue weighted by molar-refractivity contribution is 6.30. The molecule has 0 saturated heterocycles. The normalized spacial score (nSPS) is 14.9. The number of nitrogens with two attached hydrogens (primary N) is 1. The van der Waals surface area contributed by atoms with Crippen molar-refractivity contribution in [2.75, 3.05) is 11.9 Å². The van der Waals surface area contributed by atoms with Gasteiger partial charge in [0.1, 0.15) is 12.4 Å². The minimum absolute atomic E-state index is 0.461. The zero-order valence-electron chi connectivity index (χ0n) is 7.37. The number of amidine groups is 1. The zero-order valence-corrected chi connectivity index (χ0v) is 8.12. The Kier molecular flexibility index (Phi) is 2.37. The molecule has 1 aromatic carbocycles. The quantitative estimate of drug-likeness (QED) is 0.734. The summed E-state index contributed by atoms with van der Waals surface area (Å²) in [5.41, 5.74) is 6.33. The summed E-state index contributed by atoms with van der Waals surface area (Å²) in [5, 5.41) is 3.68. The van der Waals surface area contributed by atoms with Crippen LogP contribution in [0.1, 0.15) is 0 Å². The van der Waals surface area contributed by atoms with Crippen LogP contribution in [0, 0.1) is 0 Å². The van der Waals surface area contributed by atoms with Crippen LogP contribution in [0.3, 0.4) is 0 Å². The van der Waals surface area contributed by atoms with Crippen molar-refractivity contribution in [3.63, 3.8) is 0 Å². The second kappa shape index (κ2) is 3.67. The lowest BCUT2D eigenvalue weighted by Crippen LogP contribution is -2.12. The predicted molar refractivity (Wildman–Crippen MR) is 59.0 cm³/mol. The average molecular weight is 209 g/mol. The molecule has 1 aromatic rings. The van der Waals surface area contributed by atoms with Crippen molar-refractivity contribution in [3.8, 4) is 0 Å². The Balaban J connectivity index is 2.12. The second-order valence-corrected chi connectivity index (χ2v) is 3.31. The van der Waals surface area contributed by atoms with Gasteiger partial charge in [-0.25, -0.2) is 4.99 Å². The first-order chi connectivity index (χ1) is 6.74. The number of benzene rings is 1. The third kappa shape index (κ3) is 2.03. The van der Waals surface area contributed by atoms with Crippen LogP contribution in [0.25, 0.3) is 0 Å². The summed E-state index contributed by atoms with van der Waals surface area (Å²) in [4.78, 5) is 8.08. The molecule has 0 aliphatic carbocycles. The Bertz CT molecular complexity index is 411. The number of guanidine groups is 1. The van der Waals surface area contributed by atoms with E-state index >= 15 is 0 Å². The number of aliphatic imine (C=N–C) groups is 2. The molecule has 3 N–H and O–H groups in total. The van der Waals surface area contributed by atoms with Crippen LogP contribution in [0.5, 0.6) is 0 Å². The van der Waals surface area contributed by atoms with Gasteiger partial charge in [-0.15, -0.1) is 0 Å². The second-order valence-electron chi connectivity index (χ2n) is 2.88. The molecule has 72 valence electrons. The average Bonchev–Trinajstić information content (AvgIpc) is 2.51. The standard InChI is InChI=1S/C9H9ClN4/c10-6-2-1-3-7(4-6)13-9-12-5-8(11)14-9/h1-4H,5H2,(H3,11,12,13,14). The van der Waals surface area contributed by atoms with Gasteiger partial charge in [0, 0.05) is 10.7 Å². The highest BCUT2D eigenvalue weighted by atomic mass is 35.5. The van der Waals surface area contributed by atoms with Crippen LogP contribution in [-0.4, -0.2) is 18.3 Å². The highest BCUT2D eigenvalue weighted by Gasteiger charge is 2.06. The Morgan fingerprint density at radius 2 is 2.29 bits per heavy atom. The zero-order chi connectivity index (χ0) is 9.97. The van der Waals surface area contributed by atoms with Crippen LogP contribution >= 0.6 is 11.6 Å². The lowest BCUT2D eigenvalue weighted by atomic mass is 10.3. The predicted octanol–water partition coefficient (Wildman–Crippen LogP) is 1.48. The molecule has 2 rings (SSSR count). The first-order valence-corrected chi connectivity index (χ1v) is 4.52. The molecule has 1 aliphatic rings. The summed E-state index contributed by atoms with van der Waals surface area (Å²) in [6.45, 7) is 0.461. The van der Waals surface area contributed by atoms with Crippen LogP contribution < -0.4 is 11.1 Å². The summed E-state index contributed by atoms with van der Waals surface area (Å²) < 4.78 is 0. The molecule has 0 aromatic heterocycles. The Morgan fingerprint density at radius 1 is 1.43 bits per heavy atom. The maximum absolute atomic E-state index is 5.82. The largest absolute Gasteiger partial charge is 0.385 e. The van der Waals surface area contributed by atoms with Crippen molar-refractivity contribution < 1.29 is 0 Å². The fourth-order valence-electron chi connectivity index (χ4n) is 1.13. The van der Waals surface area contributed by atoms with Crippen molar-refractivity contribution >= 4 is 29.1 Å². The smallest absolute Gasteiger partial charge is 0.224 e. The molecule has 0 spiro atoms. The van der Waals surface area contributed by atoms with Crippen molar-refractivity contribution in [1.29, 1.82) is 0 Å². The maximum atomic E-state index is 5.82. The van der Waals surface area contributed by atoms with E-state index < -0.39 is 0 Å². The van der Waals surface area contributed by atoms with Crippen molar-refractivity contribution in [1.82, 2.24) is 0 Å². The van der Waals surface area contributed by atoms with Crippen molar-refractivity contribution in [2.24, 2.45) is 15.7 Å². The van der Waals surface area contributed by atoms with Crippen LogP contribution in [0.2, 0.25) is 5.02 Å². The first-order valence-electron chi connectivity index (χ1n) is 4.14. The molecule has 0 saturated carbocycles. The summed E-state index contributed by atoms with van der Waals surface area (Å²) >= 11 is 5.82. The Labute approximate surface area is 86.5 Å². The number of rotatable bonds is 1. The molecule has 0 unspecified atom stereocenters. The monoisotopic (exact) mass is 208 g/mol. The van der Waals surface area contributed by atoms with Gasteiger partial charge in [-0.1, -0.05) is 17.7 Å². The van der Waals surface area contributed by atoms with Gasteiger partial charge in [0.2, 0.25) is 5.96 Å². The SMILES string of the molecule is NC1=NC(Nc2cccc(Cl)c2)=NC1. The van der Waals surface area contributed by atoms with Gasteiger partial charge in [0.15, 0.2) is 0 Å². The molecule has 0 bridgehead atoms. The van der Waals surface area contributed by atoms with Crippen LogP contribution in [-0.2, 0) is 0 Å². The van der Waals surface area contributed by atoms with Gasteiger partial charge in [-0.05, 0) is 18.2 Å². The lowest BCUT2D eigenvalue weighted by molar-refractivity contribution is 1.31. The molecular weight excluding hydrogens is 200 g/mol. The summed E-state index contributed by atoms with van der Waals surface area (Å²) in [7, 11) is 0. The molecule has 0 amide bonds. The van der Waals surface area contributed by atoms with E-state index in [1.807, 2.05) is 12.1 Å². The number of anilines is 1.